The number of thiophene rings is 1. The van der Waals surface area contributed by atoms with Crippen molar-refractivity contribution in [1.29, 1.82) is 0 Å². The van der Waals surface area contributed by atoms with Gasteiger partial charge in [-0.05, 0) is 25.8 Å². The predicted octanol–water partition coefficient (Wildman–Crippen LogP) is 1.88. The molecule has 1 aliphatic rings. The van der Waals surface area contributed by atoms with E-state index in [9.17, 15) is 4.79 Å². The lowest BCUT2D eigenvalue weighted by Crippen LogP contribution is -2.25. The fourth-order valence-corrected chi connectivity index (χ4v) is 2.93. The molecule has 0 aliphatic heterocycles. The first kappa shape index (κ1) is 13.9. The molecule has 0 bridgehead atoms. The summed E-state index contributed by atoms with van der Waals surface area (Å²) in [5.41, 5.74) is 8.72. The highest BCUT2D eigenvalue weighted by atomic mass is 32.1. The van der Waals surface area contributed by atoms with Crippen LogP contribution in [-0.2, 0) is 13.6 Å². The van der Waals surface area contributed by atoms with Crippen LogP contribution in [0, 0.1) is 6.92 Å². The van der Waals surface area contributed by atoms with Gasteiger partial charge in [0.2, 0.25) is 0 Å². The van der Waals surface area contributed by atoms with E-state index < -0.39 is 0 Å². The summed E-state index contributed by atoms with van der Waals surface area (Å²) in [6.07, 6.45) is 3.99. The van der Waals surface area contributed by atoms with E-state index in [4.69, 9.17) is 5.73 Å². The van der Waals surface area contributed by atoms with Gasteiger partial charge < -0.3 is 16.4 Å². The number of nitrogens with zero attached hydrogens (tertiary/aromatic N) is 2. The molecular weight excluding hydrogens is 286 g/mol. The maximum absolute atomic E-state index is 12.0. The Morgan fingerprint density at radius 3 is 2.95 bits per heavy atom. The van der Waals surface area contributed by atoms with Gasteiger partial charge in [-0.2, -0.15) is 5.10 Å². The zero-order valence-electron chi connectivity index (χ0n) is 12.1. The monoisotopic (exact) mass is 305 g/mol. The Morgan fingerprint density at radius 2 is 2.33 bits per heavy atom. The molecule has 0 aromatic carbocycles. The van der Waals surface area contributed by atoms with Gasteiger partial charge in [0.05, 0.1) is 16.9 Å². The number of carbonyl (C=O) groups excluding carboxylic acids is 1. The number of nitrogens with two attached hydrogens (primary N) is 1. The van der Waals surface area contributed by atoms with E-state index in [0.29, 0.717) is 23.2 Å². The van der Waals surface area contributed by atoms with Gasteiger partial charge in [-0.15, -0.1) is 11.3 Å². The molecule has 1 fully saturated rings. The predicted molar refractivity (Wildman–Crippen MR) is 84.5 cm³/mol. The summed E-state index contributed by atoms with van der Waals surface area (Å²) < 4.78 is 1.84. The summed E-state index contributed by atoms with van der Waals surface area (Å²) >= 11 is 1.39. The number of rotatable bonds is 5. The van der Waals surface area contributed by atoms with E-state index in [0.717, 1.165) is 29.1 Å². The summed E-state index contributed by atoms with van der Waals surface area (Å²) in [5, 5.41) is 11.4. The topological polar surface area (TPSA) is 85.0 Å². The number of hydrogen-bond donors (Lipinski definition) is 3. The van der Waals surface area contributed by atoms with E-state index in [1.54, 1.807) is 0 Å². The molecule has 0 radical (unpaired) electrons. The zero-order chi connectivity index (χ0) is 15.0. The molecule has 2 heterocycles. The van der Waals surface area contributed by atoms with E-state index in [1.165, 1.54) is 11.3 Å². The van der Waals surface area contributed by atoms with Crippen molar-refractivity contribution < 1.29 is 4.79 Å². The minimum Gasteiger partial charge on any atom is -0.397 e. The minimum absolute atomic E-state index is 0.0643. The van der Waals surface area contributed by atoms with E-state index in [2.05, 4.69) is 15.7 Å². The first-order valence-electron chi connectivity index (χ1n) is 6.96. The number of amides is 1. The van der Waals surface area contributed by atoms with Gasteiger partial charge in [0, 0.05) is 30.9 Å². The van der Waals surface area contributed by atoms with Crippen molar-refractivity contribution in [3.8, 4) is 0 Å². The molecule has 2 aromatic rings. The number of carbonyl (C=O) groups is 1. The summed E-state index contributed by atoms with van der Waals surface area (Å²) in [6.45, 7) is 2.70. The molecule has 112 valence electrons. The van der Waals surface area contributed by atoms with Crippen molar-refractivity contribution in [2.45, 2.75) is 32.4 Å². The summed E-state index contributed by atoms with van der Waals surface area (Å²) in [7, 11) is 1.92. The molecule has 0 saturated heterocycles. The number of hydrogen-bond acceptors (Lipinski definition) is 5. The molecule has 4 N–H and O–H groups in total. The maximum atomic E-state index is 12.0. The van der Waals surface area contributed by atoms with E-state index in [-0.39, 0.29) is 5.91 Å². The molecule has 1 aliphatic carbocycles. The highest BCUT2D eigenvalue weighted by Crippen LogP contribution is 2.30. The Bertz CT molecular complexity index is 671. The number of aromatic nitrogens is 2. The quantitative estimate of drug-likeness (QED) is 0.787. The van der Waals surface area contributed by atoms with Crippen LogP contribution in [0.15, 0.2) is 12.3 Å². The van der Waals surface area contributed by atoms with Gasteiger partial charge in [-0.1, -0.05) is 0 Å². The van der Waals surface area contributed by atoms with Crippen LogP contribution < -0.4 is 16.4 Å². The van der Waals surface area contributed by atoms with Crippen LogP contribution in [0.5, 0.6) is 0 Å². The second-order valence-electron chi connectivity index (χ2n) is 5.38. The second kappa shape index (κ2) is 5.40. The molecule has 2 aromatic heterocycles. The molecule has 6 nitrogen and oxygen atoms in total. The summed E-state index contributed by atoms with van der Waals surface area (Å²) in [6, 6.07) is 2.16. The average molecular weight is 305 g/mol. The molecule has 0 atom stereocenters. The van der Waals surface area contributed by atoms with Crippen molar-refractivity contribution in [2.75, 3.05) is 11.1 Å². The Morgan fingerprint density at radius 1 is 1.57 bits per heavy atom. The van der Waals surface area contributed by atoms with Crippen molar-refractivity contribution in [2.24, 2.45) is 7.05 Å². The molecule has 1 amide bonds. The minimum atomic E-state index is -0.0643. The van der Waals surface area contributed by atoms with E-state index in [1.807, 2.05) is 30.9 Å². The largest absolute Gasteiger partial charge is 0.397 e. The van der Waals surface area contributed by atoms with Gasteiger partial charge in [0.15, 0.2) is 0 Å². The number of nitrogens with one attached hydrogen (secondary N) is 2. The lowest BCUT2D eigenvalue weighted by atomic mass is 10.2. The molecule has 3 rings (SSSR count). The molecule has 21 heavy (non-hydrogen) atoms. The number of aryl methyl sites for hydroxylation is 1. The van der Waals surface area contributed by atoms with Crippen molar-refractivity contribution >= 4 is 27.9 Å². The molecule has 7 heteroatoms. The van der Waals surface area contributed by atoms with Gasteiger partial charge in [-0.3, -0.25) is 9.48 Å². The Hall–Kier alpha value is -2.02. The highest BCUT2D eigenvalue weighted by Gasteiger charge is 2.25. The SMILES string of the molecule is Cc1c(CNc2cc(N)c(C(=O)NC3CC3)s2)cnn1C. The first-order valence-corrected chi connectivity index (χ1v) is 7.77. The van der Waals surface area contributed by atoms with Crippen LogP contribution in [0.4, 0.5) is 10.7 Å². The van der Waals surface area contributed by atoms with Crippen molar-refractivity contribution in [3.63, 3.8) is 0 Å². The molecule has 0 spiro atoms. The van der Waals surface area contributed by atoms with Crippen LogP contribution in [-0.4, -0.2) is 21.7 Å². The third-order valence-corrected chi connectivity index (χ3v) is 4.78. The zero-order valence-corrected chi connectivity index (χ0v) is 13.0. The van der Waals surface area contributed by atoms with E-state index >= 15 is 0 Å². The average Bonchev–Trinajstić information content (AvgIpc) is 3.10. The van der Waals surface area contributed by atoms with Gasteiger partial charge >= 0.3 is 0 Å². The Labute approximate surface area is 127 Å². The molecule has 0 unspecified atom stereocenters. The summed E-state index contributed by atoms with van der Waals surface area (Å²) in [4.78, 5) is 12.6. The van der Waals surface area contributed by atoms with Crippen molar-refractivity contribution in [3.05, 3.63) is 28.4 Å². The third kappa shape index (κ3) is 3.02. The fourth-order valence-electron chi connectivity index (χ4n) is 2.05. The van der Waals surface area contributed by atoms with Gasteiger partial charge in [0.1, 0.15) is 4.88 Å². The van der Waals surface area contributed by atoms with Crippen LogP contribution in [0.25, 0.3) is 0 Å². The molecule has 1 saturated carbocycles. The van der Waals surface area contributed by atoms with Crippen LogP contribution in [0.1, 0.15) is 33.8 Å². The lowest BCUT2D eigenvalue weighted by Gasteiger charge is -2.03. The molecular formula is C14H19N5OS. The normalized spacial score (nSPS) is 14.2. The van der Waals surface area contributed by atoms with Gasteiger partial charge in [0.25, 0.3) is 5.91 Å². The van der Waals surface area contributed by atoms with Crippen LogP contribution in [0.2, 0.25) is 0 Å². The van der Waals surface area contributed by atoms with Crippen molar-refractivity contribution in [1.82, 2.24) is 15.1 Å². The third-order valence-electron chi connectivity index (χ3n) is 3.67. The van der Waals surface area contributed by atoms with Crippen LogP contribution >= 0.6 is 11.3 Å². The van der Waals surface area contributed by atoms with Gasteiger partial charge in [-0.25, -0.2) is 0 Å². The number of anilines is 2. The maximum Gasteiger partial charge on any atom is 0.263 e. The second-order valence-corrected chi connectivity index (χ2v) is 6.43. The van der Waals surface area contributed by atoms with Crippen LogP contribution in [0.3, 0.4) is 0 Å². The smallest absolute Gasteiger partial charge is 0.263 e. The Balaban J connectivity index is 1.66. The Kier molecular flexibility index (Phi) is 3.59. The highest BCUT2D eigenvalue weighted by molar-refractivity contribution is 7.18. The fraction of sp³-hybridized carbons (Fsp3) is 0.429. The summed E-state index contributed by atoms with van der Waals surface area (Å²) in [5.74, 6) is -0.0643. The lowest BCUT2D eigenvalue weighted by molar-refractivity contribution is 0.0956. The number of nitrogen functional groups attached to an aromatic ring is 1. The first-order chi connectivity index (χ1) is 10.0. The standard InChI is InChI=1S/C14H19N5OS/c1-8-9(7-17-19(8)2)6-16-12-5-11(15)13(21-12)14(20)18-10-3-4-10/h5,7,10,16H,3-4,6,15H2,1-2H3,(H,18,20).